The molecule has 1 N–H and O–H groups in total. The van der Waals surface area contributed by atoms with E-state index in [1.807, 2.05) is 67.6 Å². The first-order valence-electron chi connectivity index (χ1n) is 11.9. The van der Waals surface area contributed by atoms with E-state index in [-0.39, 0.29) is 37.1 Å². The number of nitrogens with one attached hydrogen (secondary N) is 1. The fourth-order valence-electron chi connectivity index (χ4n) is 4.23. The normalized spacial score (nSPS) is 13.3. The molecule has 1 fully saturated rings. The second-order valence-corrected chi connectivity index (χ2v) is 9.00. The van der Waals surface area contributed by atoms with Crippen LogP contribution in [0.1, 0.15) is 39.9 Å². The van der Waals surface area contributed by atoms with Crippen LogP contribution in [0, 0.1) is 13.8 Å². The van der Waals surface area contributed by atoms with Crippen LogP contribution in [0.2, 0.25) is 0 Å². The van der Waals surface area contributed by atoms with Crippen molar-refractivity contribution in [3.8, 4) is 16.9 Å². The van der Waals surface area contributed by atoms with Gasteiger partial charge in [-0.1, -0.05) is 42.5 Å². The van der Waals surface area contributed by atoms with Gasteiger partial charge < -0.3 is 5.32 Å². The average Bonchev–Trinajstić information content (AvgIpc) is 3.47. The molecule has 0 saturated carbocycles. The number of nitrogens with zero attached hydrogens (tertiary/aromatic N) is 3. The highest BCUT2D eigenvalue weighted by molar-refractivity contribution is 6.08. The molecule has 0 bridgehead atoms. The Balaban J connectivity index is 1.41. The first kappa shape index (κ1) is 23.2. The monoisotopic (exact) mass is 478 g/mol. The van der Waals surface area contributed by atoms with Crippen LogP contribution in [0.25, 0.3) is 16.9 Å². The summed E-state index contributed by atoms with van der Waals surface area (Å²) >= 11 is 0. The lowest BCUT2D eigenvalue weighted by atomic mass is 10.0. The summed E-state index contributed by atoms with van der Waals surface area (Å²) in [5.41, 5.74) is 6.51. The van der Waals surface area contributed by atoms with Crippen LogP contribution in [0.15, 0.2) is 79.0 Å². The summed E-state index contributed by atoms with van der Waals surface area (Å²) in [6, 6.07) is 22.9. The molecule has 5 rings (SSSR count). The third kappa shape index (κ3) is 4.68. The van der Waals surface area contributed by atoms with E-state index >= 15 is 0 Å². The number of aryl methyl sites for hydroxylation is 2. The van der Waals surface area contributed by atoms with Gasteiger partial charge in [-0.05, 0) is 60.9 Å². The van der Waals surface area contributed by atoms with E-state index in [1.165, 1.54) is 10.5 Å². The van der Waals surface area contributed by atoms with E-state index in [0.717, 1.165) is 22.4 Å². The Morgan fingerprint density at radius 3 is 2.25 bits per heavy atom. The minimum Gasteiger partial charge on any atom is -0.322 e. The van der Waals surface area contributed by atoms with Gasteiger partial charge in [0.2, 0.25) is 11.8 Å². The fraction of sp³-hybridized carbons (Fsp3) is 0.172. The molecular formula is C29H26N4O3. The Morgan fingerprint density at radius 2 is 1.58 bits per heavy atom. The Bertz CT molecular complexity index is 1440. The van der Waals surface area contributed by atoms with Crippen molar-refractivity contribution in [2.24, 2.45) is 0 Å². The van der Waals surface area contributed by atoms with Crippen molar-refractivity contribution >= 4 is 23.4 Å². The lowest BCUT2D eigenvalue weighted by Crippen LogP contribution is -2.28. The molecule has 4 aromatic rings. The van der Waals surface area contributed by atoms with Crippen molar-refractivity contribution in [1.29, 1.82) is 0 Å². The highest BCUT2D eigenvalue weighted by Gasteiger charge is 2.28. The lowest BCUT2D eigenvalue weighted by molar-refractivity contribution is -0.139. The maximum Gasteiger partial charge on any atom is 0.259 e. The zero-order valence-corrected chi connectivity index (χ0v) is 20.2. The summed E-state index contributed by atoms with van der Waals surface area (Å²) in [5.74, 6) is -0.568. The first-order valence-corrected chi connectivity index (χ1v) is 11.9. The van der Waals surface area contributed by atoms with E-state index in [4.69, 9.17) is 5.10 Å². The molecule has 0 spiro atoms. The van der Waals surface area contributed by atoms with Gasteiger partial charge in [0.05, 0.1) is 17.8 Å². The zero-order chi connectivity index (χ0) is 25.2. The fourth-order valence-corrected chi connectivity index (χ4v) is 4.23. The molecule has 0 atom stereocenters. The number of para-hydroxylation sites is 1. The molecule has 1 aromatic heterocycles. The Hall–Kier alpha value is -4.52. The topological polar surface area (TPSA) is 84.3 Å². The number of aromatic nitrogens is 2. The van der Waals surface area contributed by atoms with Crippen LogP contribution < -0.4 is 5.32 Å². The number of hydrogen-bond donors (Lipinski definition) is 1. The average molecular weight is 479 g/mol. The van der Waals surface area contributed by atoms with Crippen LogP contribution in [-0.2, 0) is 16.1 Å². The number of hydrogen-bond acceptors (Lipinski definition) is 4. The van der Waals surface area contributed by atoms with Gasteiger partial charge in [-0.25, -0.2) is 4.68 Å². The van der Waals surface area contributed by atoms with Crippen LogP contribution >= 0.6 is 0 Å². The lowest BCUT2D eigenvalue weighted by Gasteiger charge is -2.14. The van der Waals surface area contributed by atoms with E-state index < -0.39 is 0 Å². The highest BCUT2D eigenvalue weighted by atomic mass is 16.2. The van der Waals surface area contributed by atoms with Crippen molar-refractivity contribution in [1.82, 2.24) is 14.7 Å². The van der Waals surface area contributed by atoms with Gasteiger partial charge >= 0.3 is 0 Å². The van der Waals surface area contributed by atoms with Gasteiger partial charge in [0.15, 0.2) is 0 Å². The third-order valence-corrected chi connectivity index (χ3v) is 6.47. The minimum atomic E-state index is -0.275. The maximum absolute atomic E-state index is 13.4. The zero-order valence-electron chi connectivity index (χ0n) is 20.2. The van der Waals surface area contributed by atoms with Gasteiger partial charge in [-0.2, -0.15) is 5.10 Å². The van der Waals surface area contributed by atoms with Crippen LogP contribution in [0.4, 0.5) is 5.69 Å². The minimum absolute atomic E-state index is 0.147. The molecule has 7 nitrogen and oxygen atoms in total. The number of benzene rings is 3. The van der Waals surface area contributed by atoms with Gasteiger partial charge in [-0.15, -0.1) is 0 Å². The predicted molar refractivity (Wildman–Crippen MR) is 138 cm³/mol. The smallest absolute Gasteiger partial charge is 0.259 e. The van der Waals surface area contributed by atoms with Crippen molar-refractivity contribution in [3.05, 3.63) is 101 Å². The highest BCUT2D eigenvalue weighted by Crippen LogP contribution is 2.27. The van der Waals surface area contributed by atoms with Gasteiger partial charge in [0.25, 0.3) is 5.91 Å². The Labute approximate surface area is 209 Å². The van der Waals surface area contributed by atoms with Gasteiger partial charge in [-0.3, -0.25) is 19.3 Å². The molecule has 1 saturated heterocycles. The summed E-state index contributed by atoms with van der Waals surface area (Å²) in [5, 5.41) is 7.71. The molecule has 3 aromatic carbocycles. The Morgan fingerprint density at radius 1 is 0.889 bits per heavy atom. The first-order chi connectivity index (χ1) is 17.4. The van der Waals surface area contributed by atoms with Gasteiger partial charge in [0.1, 0.15) is 5.69 Å². The molecule has 7 heteroatoms. The SMILES string of the molecule is Cc1ccc(-c2nn(-c3ccccc3)cc2C(=O)Nc2ccc(CN3C(=O)CCC3=O)cc2)cc1C. The molecule has 0 unspecified atom stereocenters. The Kier molecular flexibility index (Phi) is 6.21. The molecule has 180 valence electrons. The number of carbonyl (C=O) groups is 3. The van der Waals surface area contributed by atoms with Crippen molar-refractivity contribution in [2.45, 2.75) is 33.2 Å². The standard InChI is InChI=1S/C29H26N4O3/c1-19-8-11-22(16-20(19)2)28-25(18-33(31-28)24-6-4-3-5-7-24)29(36)30-23-12-9-21(10-13-23)17-32-26(34)14-15-27(32)35/h3-13,16,18H,14-15,17H2,1-2H3,(H,30,36). The second kappa shape index (κ2) is 9.62. The maximum atomic E-state index is 13.4. The van der Waals surface area contributed by atoms with Crippen molar-refractivity contribution in [2.75, 3.05) is 5.32 Å². The molecule has 0 radical (unpaired) electrons. The van der Waals surface area contributed by atoms with Crippen LogP contribution in [0.5, 0.6) is 0 Å². The van der Waals surface area contributed by atoms with Gasteiger partial charge in [0, 0.05) is 30.3 Å². The van der Waals surface area contributed by atoms with E-state index in [1.54, 1.807) is 23.0 Å². The van der Waals surface area contributed by atoms with E-state index in [0.29, 0.717) is 16.9 Å². The second-order valence-electron chi connectivity index (χ2n) is 9.00. The van der Waals surface area contributed by atoms with E-state index in [9.17, 15) is 14.4 Å². The summed E-state index contributed by atoms with van der Waals surface area (Å²) < 4.78 is 1.71. The summed E-state index contributed by atoms with van der Waals surface area (Å²) in [6.45, 7) is 4.33. The number of rotatable bonds is 6. The summed E-state index contributed by atoms with van der Waals surface area (Å²) in [6.07, 6.45) is 2.28. The number of carbonyl (C=O) groups excluding carboxylic acids is 3. The third-order valence-electron chi connectivity index (χ3n) is 6.47. The predicted octanol–water partition coefficient (Wildman–Crippen LogP) is 5.06. The molecule has 0 aliphatic carbocycles. The van der Waals surface area contributed by atoms with Crippen LogP contribution in [0.3, 0.4) is 0 Å². The quantitative estimate of drug-likeness (QED) is 0.393. The van der Waals surface area contributed by atoms with Crippen LogP contribution in [-0.4, -0.2) is 32.4 Å². The molecule has 1 aliphatic heterocycles. The molecule has 1 aliphatic rings. The number of amides is 3. The summed E-state index contributed by atoms with van der Waals surface area (Å²) in [4.78, 5) is 38.5. The molecule has 36 heavy (non-hydrogen) atoms. The number of anilines is 1. The van der Waals surface area contributed by atoms with Crippen molar-refractivity contribution in [3.63, 3.8) is 0 Å². The molecule has 2 heterocycles. The molecular weight excluding hydrogens is 452 g/mol. The number of likely N-dealkylation sites (tertiary alicyclic amines) is 1. The largest absolute Gasteiger partial charge is 0.322 e. The summed E-state index contributed by atoms with van der Waals surface area (Å²) in [7, 11) is 0. The van der Waals surface area contributed by atoms with E-state index in [2.05, 4.69) is 12.2 Å². The molecule has 3 amide bonds. The van der Waals surface area contributed by atoms with Crippen molar-refractivity contribution < 1.29 is 14.4 Å². The number of imide groups is 1.